The fourth-order valence-corrected chi connectivity index (χ4v) is 3.05. The monoisotopic (exact) mass is 407 g/mol. The summed E-state index contributed by atoms with van der Waals surface area (Å²) in [5, 5.41) is 2.87. The molecule has 2 amide bonds. The molecule has 0 bridgehead atoms. The van der Waals surface area contributed by atoms with Crippen LogP contribution in [-0.4, -0.2) is 89.5 Å². The summed E-state index contributed by atoms with van der Waals surface area (Å²) >= 11 is 0. The lowest BCUT2D eigenvalue weighted by molar-refractivity contribution is -0.116. The summed E-state index contributed by atoms with van der Waals surface area (Å²) in [7, 11) is 6.01. The van der Waals surface area contributed by atoms with Crippen LogP contribution in [0.1, 0.15) is 5.56 Å². The molecule has 0 spiro atoms. The van der Waals surface area contributed by atoms with Crippen LogP contribution in [0.5, 0.6) is 17.2 Å². The Hall–Kier alpha value is -2.94. The standard InChI is InChI=1S/C20H29N3O6/c1-26-16-13-15(14-17(27-2)19(16)28-3)5-6-18(24)21-7-8-22-9-11-23(12-10-22)20(25)29-4/h5-6,13-14H,7-12H2,1-4H3,(H,21,24)/b6-5+. The van der Waals surface area contributed by atoms with E-state index in [-0.39, 0.29) is 12.0 Å². The van der Waals surface area contributed by atoms with E-state index < -0.39 is 0 Å². The highest BCUT2D eigenvalue weighted by Gasteiger charge is 2.21. The molecule has 29 heavy (non-hydrogen) atoms. The van der Waals surface area contributed by atoms with E-state index in [0.29, 0.717) is 36.9 Å². The second-order valence-corrected chi connectivity index (χ2v) is 6.38. The minimum Gasteiger partial charge on any atom is -0.493 e. The second-order valence-electron chi connectivity index (χ2n) is 6.38. The van der Waals surface area contributed by atoms with E-state index in [1.807, 2.05) is 0 Å². The third kappa shape index (κ3) is 6.28. The Morgan fingerprint density at radius 2 is 1.62 bits per heavy atom. The molecule has 160 valence electrons. The largest absolute Gasteiger partial charge is 0.493 e. The highest BCUT2D eigenvalue weighted by molar-refractivity contribution is 5.91. The first-order valence-electron chi connectivity index (χ1n) is 9.33. The zero-order chi connectivity index (χ0) is 21.2. The van der Waals surface area contributed by atoms with Gasteiger partial charge < -0.3 is 29.2 Å². The van der Waals surface area contributed by atoms with Gasteiger partial charge in [0.05, 0.1) is 28.4 Å². The molecule has 1 fully saturated rings. The van der Waals surface area contributed by atoms with Gasteiger partial charge in [0.1, 0.15) is 0 Å². The van der Waals surface area contributed by atoms with E-state index in [0.717, 1.165) is 25.2 Å². The number of hydrogen-bond donors (Lipinski definition) is 1. The van der Waals surface area contributed by atoms with Gasteiger partial charge in [-0.25, -0.2) is 4.79 Å². The Labute approximate surface area is 171 Å². The van der Waals surface area contributed by atoms with Gasteiger partial charge in [0.15, 0.2) is 11.5 Å². The Bertz CT molecular complexity index is 704. The van der Waals surface area contributed by atoms with Crippen molar-refractivity contribution in [3.63, 3.8) is 0 Å². The van der Waals surface area contributed by atoms with Crippen LogP contribution in [0.3, 0.4) is 0 Å². The van der Waals surface area contributed by atoms with Crippen molar-refractivity contribution in [1.29, 1.82) is 0 Å². The molecular weight excluding hydrogens is 378 g/mol. The van der Waals surface area contributed by atoms with Crippen LogP contribution in [0.25, 0.3) is 6.08 Å². The van der Waals surface area contributed by atoms with Gasteiger partial charge in [-0.3, -0.25) is 9.69 Å². The molecule has 0 aromatic heterocycles. The number of carbonyl (C=O) groups excluding carboxylic acids is 2. The maximum Gasteiger partial charge on any atom is 0.409 e. The predicted molar refractivity (Wildman–Crippen MR) is 109 cm³/mol. The van der Waals surface area contributed by atoms with E-state index in [1.54, 1.807) is 44.4 Å². The van der Waals surface area contributed by atoms with Crippen molar-refractivity contribution in [2.75, 3.05) is 67.7 Å². The number of methoxy groups -OCH3 is 4. The average molecular weight is 407 g/mol. The van der Waals surface area contributed by atoms with Gasteiger partial charge in [-0.15, -0.1) is 0 Å². The topological polar surface area (TPSA) is 89.6 Å². The van der Waals surface area contributed by atoms with Crippen LogP contribution in [-0.2, 0) is 9.53 Å². The first-order chi connectivity index (χ1) is 14.0. The molecule has 1 N–H and O–H groups in total. The van der Waals surface area contributed by atoms with Gasteiger partial charge in [0.25, 0.3) is 0 Å². The summed E-state index contributed by atoms with van der Waals surface area (Å²) in [6, 6.07) is 3.54. The first-order valence-corrected chi connectivity index (χ1v) is 9.33. The fourth-order valence-electron chi connectivity index (χ4n) is 3.05. The molecule has 0 radical (unpaired) electrons. The molecule has 0 aliphatic carbocycles. The molecule has 2 rings (SSSR count). The predicted octanol–water partition coefficient (Wildman–Crippen LogP) is 1.23. The van der Waals surface area contributed by atoms with E-state index >= 15 is 0 Å². The Kier molecular flexibility index (Phi) is 8.60. The van der Waals surface area contributed by atoms with Gasteiger partial charge >= 0.3 is 6.09 Å². The summed E-state index contributed by atoms with van der Waals surface area (Å²) in [6.45, 7) is 4.01. The van der Waals surface area contributed by atoms with Crippen molar-refractivity contribution < 1.29 is 28.5 Å². The van der Waals surface area contributed by atoms with E-state index in [9.17, 15) is 9.59 Å². The molecule has 9 nitrogen and oxygen atoms in total. The zero-order valence-electron chi connectivity index (χ0n) is 17.4. The molecule has 1 aromatic carbocycles. The fraction of sp³-hybridized carbons (Fsp3) is 0.500. The summed E-state index contributed by atoms with van der Waals surface area (Å²) in [6.07, 6.45) is 2.86. The maximum atomic E-state index is 12.1. The first kappa shape index (κ1) is 22.4. The minimum absolute atomic E-state index is 0.188. The Balaban J connectivity index is 1.81. The lowest BCUT2D eigenvalue weighted by atomic mass is 10.1. The minimum atomic E-state index is -0.296. The second kappa shape index (κ2) is 11.2. The van der Waals surface area contributed by atoms with Crippen LogP contribution >= 0.6 is 0 Å². The molecule has 1 aliphatic heterocycles. The molecule has 9 heteroatoms. The number of nitrogens with one attached hydrogen (secondary N) is 1. The highest BCUT2D eigenvalue weighted by atomic mass is 16.5. The normalized spacial score (nSPS) is 14.6. The van der Waals surface area contributed by atoms with Crippen molar-refractivity contribution in [1.82, 2.24) is 15.1 Å². The third-order valence-corrected chi connectivity index (χ3v) is 4.65. The Morgan fingerprint density at radius 1 is 1.00 bits per heavy atom. The number of amides is 2. The molecule has 0 saturated carbocycles. The van der Waals surface area contributed by atoms with Crippen LogP contribution in [0, 0.1) is 0 Å². The van der Waals surface area contributed by atoms with Crippen LogP contribution in [0.15, 0.2) is 18.2 Å². The van der Waals surface area contributed by atoms with Crippen molar-refractivity contribution in [2.45, 2.75) is 0 Å². The summed E-state index contributed by atoms with van der Waals surface area (Å²) in [5.74, 6) is 1.37. The maximum absolute atomic E-state index is 12.1. The van der Waals surface area contributed by atoms with E-state index in [2.05, 4.69) is 10.2 Å². The highest BCUT2D eigenvalue weighted by Crippen LogP contribution is 2.38. The molecular formula is C20H29N3O6. The molecule has 0 atom stereocenters. The quantitative estimate of drug-likeness (QED) is 0.648. The smallest absolute Gasteiger partial charge is 0.409 e. The number of piperazine rings is 1. The third-order valence-electron chi connectivity index (χ3n) is 4.65. The zero-order valence-corrected chi connectivity index (χ0v) is 17.4. The van der Waals surface area contributed by atoms with Gasteiger partial charge in [0, 0.05) is 45.3 Å². The molecule has 1 aliphatic rings. The lowest BCUT2D eigenvalue weighted by Gasteiger charge is -2.33. The van der Waals surface area contributed by atoms with Crippen LogP contribution in [0.4, 0.5) is 4.79 Å². The molecule has 1 aromatic rings. The number of benzene rings is 1. The van der Waals surface area contributed by atoms with Crippen molar-refractivity contribution in [3.8, 4) is 17.2 Å². The summed E-state index contributed by atoms with van der Waals surface area (Å²) in [5.41, 5.74) is 0.758. The van der Waals surface area contributed by atoms with Gasteiger partial charge in [-0.2, -0.15) is 0 Å². The molecule has 1 heterocycles. The number of rotatable bonds is 8. The van der Waals surface area contributed by atoms with Crippen molar-refractivity contribution in [3.05, 3.63) is 23.8 Å². The lowest BCUT2D eigenvalue weighted by Crippen LogP contribution is -2.50. The molecule has 1 saturated heterocycles. The average Bonchev–Trinajstić information content (AvgIpc) is 2.76. The van der Waals surface area contributed by atoms with Crippen LogP contribution < -0.4 is 19.5 Å². The number of hydrogen-bond acceptors (Lipinski definition) is 7. The van der Waals surface area contributed by atoms with Gasteiger partial charge in [0.2, 0.25) is 11.7 Å². The number of ether oxygens (including phenoxy) is 4. The van der Waals surface area contributed by atoms with E-state index in [4.69, 9.17) is 18.9 Å². The number of nitrogens with zero attached hydrogens (tertiary/aromatic N) is 2. The van der Waals surface area contributed by atoms with Crippen LogP contribution in [0.2, 0.25) is 0 Å². The van der Waals surface area contributed by atoms with Crippen molar-refractivity contribution >= 4 is 18.1 Å². The van der Waals surface area contributed by atoms with Gasteiger partial charge in [-0.1, -0.05) is 0 Å². The van der Waals surface area contributed by atoms with Gasteiger partial charge in [-0.05, 0) is 23.8 Å². The number of carbonyl (C=O) groups is 2. The summed E-state index contributed by atoms with van der Waals surface area (Å²) < 4.78 is 20.6. The van der Waals surface area contributed by atoms with Crippen molar-refractivity contribution in [2.24, 2.45) is 0 Å². The Morgan fingerprint density at radius 3 is 2.14 bits per heavy atom. The molecule has 0 unspecified atom stereocenters. The summed E-state index contributed by atoms with van der Waals surface area (Å²) in [4.78, 5) is 27.5. The van der Waals surface area contributed by atoms with E-state index in [1.165, 1.54) is 13.2 Å². The SMILES string of the molecule is COC(=O)N1CCN(CCNC(=O)/C=C/c2cc(OC)c(OC)c(OC)c2)CC1.